The number of aromatic hydroxyl groups is 1. The summed E-state index contributed by atoms with van der Waals surface area (Å²) in [5.41, 5.74) is 0.715. The number of nitrogens with zero attached hydrogens (tertiary/aromatic N) is 1. The number of amides is 3. The number of hydrogen-bond donors (Lipinski definition) is 2. The number of phenolic OH excluding ortho intramolecular Hbond substituents is 1. The van der Waals surface area contributed by atoms with E-state index in [0.29, 0.717) is 17.3 Å². The van der Waals surface area contributed by atoms with Gasteiger partial charge in [0.25, 0.3) is 11.1 Å². The second-order valence-corrected chi connectivity index (χ2v) is 8.59. The molecule has 3 amide bonds. The number of carbonyl (C=O) groups is 4. The van der Waals surface area contributed by atoms with Crippen LogP contribution < -0.4 is 10.1 Å². The van der Waals surface area contributed by atoms with Crippen LogP contribution in [-0.2, 0) is 14.3 Å². The first-order chi connectivity index (χ1) is 16.1. The Balaban J connectivity index is 1.74. The molecule has 1 saturated heterocycles. The Bertz CT molecular complexity index is 1220. The number of carbonyl (C=O) groups excluding carboxylic acids is 4. The molecule has 0 aromatic heterocycles. The monoisotopic (exact) mass is 524 g/mol. The number of halogens is 2. The van der Waals surface area contributed by atoms with E-state index in [2.05, 4.69) is 10.1 Å². The Morgan fingerprint density at radius 2 is 1.91 bits per heavy atom. The normalized spacial score (nSPS) is 14.5. The minimum Gasteiger partial charge on any atom is -0.503 e. The lowest BCUT2D eigenvalue weighted by Gasteiger charge is -2.13. The molecule has 3 rings (SSSR count). The van der Waals surface area contributed by atoms with Gasteiger partial charge in [-0.15, -0.1) is 0 Å². The first-order valence-electron chi connectivity index (χ1n) is 9.73. The lowest BCUT2D eigenvalue weighted by Crippen LogP contribution is -2.36. The molecule has 2 aromatic carbocycles. The summed E-state index contributed by atoms with van der Waals surface area (Å²) >= 11 is 12.6. The van der Waals surface area contributed by atoms with Gasteiger partial charge in [-0.25, -0.2) is 4.79 Å². The smallest absolute Gasteiger partial charge is 0.339 e. The van der Waals surface area contributed by atoms with Crippen molar-refractivity contribution in [2.45, 2.75) is 6.92 Å². The Morgan fingerprint density at radius 1 is 1.18 bits per heavy atom. The molecule has 0 saturated carbocycles. The number of anilines is 1. The van der Waals surface area contributed by atoms with E-state index in [9.17, 15) is 24.3 Å². The molecule has 1 heterocycles. The number of imide groups is 1. The molecule has 1 aliphatic rings. The standard InChI is InChI=1S/C22H18Cl2N2O7S/c1-3-33-16-7-11(6-15(24)19(16)28)8-17-20(29)26(22(31)34-17)10-18(27)25-12-4-5-14(23)13(9-12)21(30)32-2/h4-9,28H,3,10H2,1-2H3,(H,25,27)/b17-8-. The van der Waals surface area contributed by atoms with Gasteiger partial charge < -0.3 is 19.9 Å². The van der Waals surface area contributed by atoms with Crippen molar-refractivity contribution in [3.63, 3.8) is 0 Å². The van der Waals surface area contributed by atoms with Crippen molar-refractivity contribution in [2.75, 3.05) is 25.6 Å². The summed E-state index contributed by atoms with van der Waals surface area (Å²) < 4.78 is 9.95. The highest BCUT2D eigenvalue weighted by Gasteiger charge is 2.36. The van der Waals surface area contributed by atoms with Crippen molar-refractivity contribution in [3.05, 3.63) is 56.4 Å². The van der Waals surface area contributed by atoms with Crippen LogP contribution in [0.1, 0.15) is 22.8 Å². The zero-order valence-electron chi connectivity index (χ0n) is 17.9. The van der Waals surface area contributed by atoms with Crippen LogP contribution in [0.15, 0.2) is 35.2 Å². The first kappa shape index (κ1) is 25.4. The Labute approximate surface area is 208 Å². The minimum absolute atomic E-state index is 0.0186. The van der Waals surface area contributed by atoms with E-state index in [-0.39, 0.29) is 44.3 Å². The van der Waals surface area contributed by atoms with Crippen molar-refractivity contribution >= 4 is 69.8 Å². The third kappa shape index (κ3) is 5.64. The van der Waals surface area contributed by atoms with Gasteiger partial charge in [0.2, 0.25) is 5.91 Å². The van der Waals surface area contributed by atoms with E-state index in [1.807, 2.05) is 0 Å². The van der Waals surface area contributed by atoms with Crippen molar-refractivity contribution in [2.24, 2.45) is 0 Å². The second-order valence-electron chi connectivity index (χ2n) is 6.78. The molecular formula is C22H18Cl2N2O7S. The number of nitrogens with one attached hydrogen (secondary N) is 1. The summed E-state index contributed by atoms with van der Waals surface area (Å²) in [7, 11) is 1.20. The van der Waals surface area contributed by atoms with Gasteiger partial charge in [-0.05, 0) is 60.7 Å². The van der Waals surface area contributed by atoms with Crippen LogP contribution in [0.2, 0.25) is 10.0 Å². The number of ether oxygens (including phenoxy) is 2. The van der Waals surface area contributed by atoms with Gasteiger partial charge >= 0.3 is 5.97 Å². The zero-order valence-corrected chi connectivity index (χ0v) is 20.2. The molecule has 9 nitrogen and oxygen atoms in total. The van der Waals surface area contributed by atoms with E-state index in [4.69, 9.17) is 27.9 Å². The van der Waals surface area contributed by atoms with Gasteiger partial charge in [0, 0.05) is 5.69 Å². The number of rotatable bonds is 7. The van der Waals surface area contributed by atoms with Crippen LogP contribution in [-0.4, -0.2) is 53.3 Å². The fourth-order valence-electron chi connectivity index (χ4n) is 2.94. The van der Waals surface area contributed by atoms with Crippen molar-refractivity contribution in [1.29, 1.82) is 0 Å². The number of phenols is 1. The lowest BCUT2D eigenvalue weighted by molar-refractivity contribution is -0.127. The van der Waals surface area contributed by atoms with Gasteiger partial charge in [-0.1, -0.05) is 23.2 Å². The van der Waals surface area contributed by atoms with E-state index >= 15 is 0 Å². The first-order valence-corrected chi connectivity index (χ1v) is 11.3. The summed E-state index contributed by atoms with van der Waals surface area (Å²) in [5, 5.41) is 12.0. The molecule has 0 unspecified atom stereocenters. The predicted molar refractivity (Wildman–Crippen MR) is 128 cm³/mol. The average Bonchev–Trinajstić information content (AvgIpc) is 3.05. The summed E-state index contributed by atoms with van der Waals surface area (Å²) in [6.45, 7) is 1.48. The molecule has 0 radical (unpaired) electrons. The van der Waals surface area contributed by atoms with Crippen molar-refractivity contribution in [1.82, 2.24) is 4.90 Å². The van der Waals surface area contributed by atoms with Crippen molar-refractivity contribution < 1.29 is 33.8 Å². The summed E-state index contributed by atoms with van der Waals surface area (Å²) in [4.78, 5) is 50.2. The fraction of sp³-hybridized carbons (Fsp3) is 0.182. The molecular weight excluding hydrogens is 507 g/mol. The number of hydrogen-bond acceptors (Lipinski definition) is 8. The highest BCUT2D eigenvalue weighted by atomic mass is 35.5. The highest BCUT2D eigenvalue weighted by Crippen LogP contribution is 2.38. The van der Waals surface area contributed by atoms with E-state index < -0.39 is 29.6 Å². The third-order valence-electron chi connectivity index (χ3n) is 4.48. The zero-order chi connectivity index (χ0) is 25.0. The largest absolute Gasteiger partial charge is 0.503 e. The SMILES string of the molecule is CCOc1cc(/C=C2\SC(=O)N(CC(=O)Nc3ccc(Cl)c(C(=O)OC)c3)C2=O)cc(Cl)c1O. The molecule has 34 heavy (non-hydrogen) atoms. The number of methoxy groups -OCH3 is 1. The quantitative estimate of drug-likeness (QED) is 0.399. The second kappa shape index (κ2) is 10.8. The van der Waals surface area contributed by atoms with E-state index in [1.165, 1.54) is 43.5 Å². The molecule has 0 atom stereocenters. The minimum atomic E-state index is -0.681. The van der Waals surface area contributed by atoms with E-state index in [1.54, 1.807) is 6.92 Å². The maximum Gasteiger partial charge on any atom is 0.339 e. The topological polar surface area (TPSA) is 122 Å². The number of thioether (sulfide) groups is 1. The lowest BCUT2D eigenvalue weighted by atomic mass is 10.2. The average molecular weight is 525 g/mol. The van der Waals surface area contributed by atoms with Crippen LogP contribution in [0.25, 0.3) is 6.08 Å². The summed E-state index contributed by atoms with van der Waals surface area (Å²) in [6, 6.07) is 7.09. The molecule has 178 valence electrons. The van der Waals surface area contributed by atoms with Gasteiger partial charge in [-0.3, -0.25) is 19.3 Å². The maximum absolute atomic E-state index is 12.7. The maximum atomic E-state index is 12.7. The molecule has 0 bridgehead atoms. The highest BCUT2D eigenvalue weighted by molar-refractivity contribution is 8.18. The molecule has 0 spiro atoms. The Morgan fingerprint density at radius 3 is 2.59 bits per heavy atom. The molecule has 2 aromatic rings. The molecule has 0 aliphatic carbocycles. The Hall–Kier alpha value is -3.21. The van der Waals surface area contributed by atoms with Gasteiger partial charge in [-0.2, -0.15) is 0 Å². The van der Waals surface area contributed by atoms with Gasteiger partial charge in [0.05, 0.1) is 34.2 Å². The molecule has 2 N–H and O–H groups in total. The van der Waals surface area contributed by atoms with E-state index in [0.717, 1.165) is 4.90 Å². The molecule has 12 heteroatoms. The van der Waals surface area contributed by atoms with Crippen molar-refractivity contribution in [3.8, 4) is 11.5 Å². The predicted octanol–water partition coefficient (Wildman–Crippen LogP) is 4.56. The molecule has 1 fully saturated rings. The fourth-order valence-corrected chi connectivity index (χ4v) is 4.20. The van der Waals surface area contributed by atoms with Gasteiger partial charge in [0.15, 0.2) is 11.5 Å². The van der Waals surface area contributed by atoms with Crippen LogP contribution in [0.4, 0.5) is 10.5 Å². The number of esters is 1. The van der Waals surface area contributed by atoms with Crippen LogP contribution in [0, 0.1) is 0 Å². The summed E-state index contributed by atoms with van der Waals surface area (Å²) in [6.07, 6.45) is 1.42. The van der Waals surface area contributed by atoms with Crippen LogP contribution in [0.3, 0.4) is 0 Å². The van der Waals surface area contributed by atoms with Crippen LogP contribution in [0.5, 0.6) is 11.5 Å². The van der Waals surface area contributed by atoms with Crippen LogP contribution >= 0.6 is 35.0 Å². The molecule has 1 aliphatic heterocycles. The third-order valence-corrected chi connectivity index (χ3v) is 6.00. The Kier molecular flexibility index (Phi) is 8.08. The number of benzene rings is 2. The van der Waals surface area contributed by atoms with Gasteiger partial charge in [0.1, 0.15) is 6.54 Å². The summed E-state index contributed by atoms with van der Waals surface area (Å²) in [5.74, 6) is -2.11.